The van der Waals surface area contributed by atoms with E-state index in [1.807, 2.05) is 26.0 Å². The maximum Gasteiger partial charge on any atom is 0.226 e. The van der Waals surface area contributed by atoms with Crippen LogP contribution in [0.5, 0.6) is 17.2 Å². The Morgan fingerprint density at radius 2 is 1.79 bits per heavy atom. The second kappa shape index (κ2) is 9.11. The number of rotatable bonds is 8. The third-order valence-corrected chi connectivity index (χ3v) is 6.86. The molecule has 0 aliphatic heterocycles. The lowest BCUT2D eigenvalue weighted by atomic mass is 10.1. The zero-order valence-electron chi connectivity index (χ0n) is 18.9. The molecule has 0 spiro atoms. The number of hydrogen-bond donors (Lipinski definition) is 1. The average molecular weight is 468 g/mol. The summed E-state index contributed by atoms with van der Waals surface area (Å²) in [5.74, 6) is 1.48. The number of nitrogens with zero attached hydrogens (tertiary/aromatic N) is 2. The van der Waals surface area contributed by atoms with Gasteiger partial charge in [-0.1, -0.05) is 18.2 Å². The van der Waals surface area contributed by atoms with Crippen molar-refractivity contribution in [3.8, 4) is 17.2 Å². The van der Waals surface area contributed by atoms with Gasteiger partial charge in [0.15, 0.2) is 11.5 Å². The van der Waals surface area contributed by atoms with E-state index in [2.05, 4.69) is 15.0 Å². The van der Waals surface area contributed by atoms with Crippen LogP contribution >= 0.6 is 0 Å². The average Bonchev–Trinajstić information content (AvgIpc) is 3.25. The Morgan fingerprint density at radius 1 is 1.00 bits per heavy atom. The molecular weight excluding hydrogens is 442 g/mol. The highest BCUT2D eigenvalue weighted by Gasteiger charge is 2.21. The first-order valence-corrected chi connectivity index (χ1v) is 11.9. The summed E-state index contributed by atoms with van der Waals surface area (Å²) < 4.78 is 42.6. The number of aryl methyl sites for hydroxylation is 1. The van der Waals surface area contributed by atoms with Crippen molar-refractivity contribution in [2.75, 3.05) is 14.2 Å². The number of ether oxygens (including phenoxy) is 3. The van der Waals surface area contributed by atoms with Gasteiger partial charge in [-0.15, -0.1) is 0 Å². The van der Waals surface area contributed by atoms with E-state index < -0.39 is 9.84 Å². The molecule has 33 heavy (non-hydrogen) atoms. The fourth-order valence-corrected chi connectivity index (χ4v) is 4.91. The minimum atomic E-state index is -3.67. The van der Waals surface area contributed by atoms with E-state index in [0.717, 1.165) is 22.6 Å². The summed E-state index contributed by atoms with van der Waals surface area (Å²) in [6.07, 6.45) is 1.74. The number of nitrogens with one attached hydrogen (secondary N) is 1. The number of H-pyrrole nitrogens is 1. The van der Waals surface area contributed by atoms with Gasteiger partial charge in [0.1, 0.15) is 12.4 Å². The van der Waals surface area contributed by atoms with Crippen molar-refractivity contribution < 1.29 is 22.6 Å². The SMILES string of the molecule is COc1cc(CS(=O)(=O)c2nc3ccccc3[nH]2)ccc1OCc1ncc(C)c(OC)c1C. The largest absolute Gasteiger partial charge is 0.496 e. The fourth-order valence-electron chi connectivity index (χ4n) is 3.65. The van der Waals surface area contributed by atoms with E-state index in [1.165, 1.54) is 7.11 Å². The number of hydrogen-bond acceptors (Lipinski definition) is 7. The molecule has 0 saturated heterocycles. The molecule has 0 fully saturated rings. The number of aromatic amines is 1. The molecule has 2 heterocycles. The van der Waals surface area contributed by atoms with Gasteiger partial charge in [0.25, 0.3) is 0 Å². The van der Waals surface area contributed by atoms with E-state index in [9.17, 15) is 8.42 Å². The molecule has 2 aromatic heterocycles. The molecule has 0 aliphatic carbocycles. The summed E-state index contributed by atoms with van der Waals surface area (Å²) in [6.45, 7) is 4.08. The number of methoxy groups -OCH3 is 2. The first-order chi connectivity index (χ1) is 15.8. The van der Waals surface area contributed by atoms with Crippen LogP contribution < -0.4 is 14.2 Å². The minimum Gasteiger partial charge on any atom is -0.496 e. The van der Waals surface area contributed by atoms with Crippen LogP contribution in [0.15, 0.2) is 53.8 Å². The standard InChI is InChI=1S/C24H25N3O5S/c1-15-12-25-20(16(2)23(15)31-4)13-32-21-10-9-17(11-22(21)30-3)14-33(28,29)24-26-18-7-5-6-8-19(18)27-24/h5-12H,13-14H2,1-4H3,(H,26,27). The van der Waals surface area contributed by atoms with Crippen molar-refractivity contribution >= 4 is 20.9 Å². The highest BCUT2D eigenvalue weighted by atomic mass is 32.2. The Morgan fingerprint density at radius 3 is 2.52 bits per heavy atom. The van der Waals surface area contributed by atoms with E-state index in [4.69, 9.17) is 14.2 Å². The lowest BCUT2D eigenvalue weighted by Crippen LogP contribution is -2.08. The van der Waals surface area contributed by atoms with Crippen LogP contribution in [0.2, 0.25) is 0 Å². The monoisotopic (exact) mass is 467 g/mol. The molecule has 0 radical (unpaired) electrons. The molecule has 2 aromatic carbocycles. The number of aromatic nitrogens is 3. The van der Waals surface area contributed by atoms with Crippen molar-refractivity contribution in [3.63, 3.8) is 0 Å². The van der Waals surface area contributed by atoms with E-state index in [-0.39, 0.29) is 17.5 Å². The van der Waals surface area contributed by atoms with Crippen molar-refractivity contribution in [1.29, 1.82) is 0 Å². The third kappa shape index (κ3) is 4.63. The Hall–Kier alpha value is -3.59. The smallest absolute Gasteiger partial charge is 0.226 e. The molecule has 0 amide bonds. The summed E-state index contributed by atoms with van der Waals surface area (Å²) >= 11 is 0. The Bertz CT molecular complexity index is 1380. The Balaban J connectivity index is 1.53. The Labute approximate surface area is 192 Å². The van der Waals surface area contributed by atoms with E-state index in [0.29, 0.717) is 28.1 Å². The maximum atomic E-state index is 12.9. The fraction of sp³-hybridized carbons (Fsp3) is 0.250. The molecular formula is C24H25N3O5S. The van der Waals surface area contributed by atoms with Gasteiger partial charge in [0.05, 0.1) is 36.7 Å². The lowest BCUT2D eigenvalue weighted by molar-refractivity contribution is 0.279. The van der Waals surface area contributed by atoms with Gasteiger partial charge < -0.3 is 19.2 Å². The molecule has 0 bridgehead atoms. The van der Waals surface area contributed by atoms with Crippen molar-refractivity contribution in [3.05, 3.63) is 71.0 Å². The van der Waals surface area contributed by atoms with Crippen LogP contribution in [0.4, 0.5) is 0 Å². The highest BCUT2D eigenvalue weighted by molar-refractivity contribution is 7.90. The molecule has 0 aliphatic rings. The van der Waals surface area contributed by atoms with E-state index >= 15 is 0 Å². The normalized spacial score (nSPS) is 11.5. The second-order valence-electron chi connectivity index (χ2n) is 7.64. The van der Waals surface area contributed by atoms with E-state index in [1.54, 1.807) is 43.6 Å². The van der Waals surface area contributed by atoms with Crippen LogP contribution in [0.1, 0.15) is 22.4 Å². The van der Waals surface area contributed by atoms with Crippen molar-refractivity contribution in [2.45, 2.75) is 31.4 Å². The molecule has 0 saturated carbocycles. The van der Waals surface area contributed by atoms with Crippen LogP contribution in [-0.2, 0) is 22.2 Å². The molecule has 4 rings (SSSR count). The molecule has 9 heteroatoms. The first-order valence-electron chi connectivity index (χ1n) is 10.3. The topological polar surface area (TPSA) is 103 Å². The molecule has 8 nitrogen and oxygen atoms in total. The minimum absolute atomic E-state index is 0.0575. The summed E-state index contributed by atoms with van der Waals surface area (Å²) in [7, 11) is -0.534. The predicted octanol–water partition coefficient (Wildman–Crippen LogP) is 4.14. The summed E-state index contributed by atoms with van der Waals surface area (Å²) in [4.78, 5) is 11.5. The number of para-hydroxylation sites is 2. The zero-order chi connectivity index (χ0) is 23.6. The summed E-state index contributed by atoms with van der Waals surface area (Å²) in [5, 5.41) is -0.0575. The molecule has 0 atom stereocenters. The molecule has 1 N–H and O–H groups in total. The second-order valence-corrected chi connectivity index (χ2v) is 9.54. The van der Waals surface area contributed by atoms with Crippen LogP contribution in [0.25, 0.3) is 11.0 Å². The van der Waals surface area contributed by atoms with Gasteiger partial charge in [0.2, 0.25) is 15.0 Å². The molecule has 0 unspecified atom stereocenters. The maximum absolute atomic E-state index is 12.9. The first kappa shape index (κ1) is 22.6. The predicted molar refractivity (Wildman–Crippen MR) is 125 cm³/mol. The van der Waals surface area contributed by atoms with Gasteiger partial charge in [0, 0.05) is 17.3 Å². The molecule has 172 valence electrons. The number of sulfone groups is 1. The molecule has 4 aromatic rings. The number of benzene rings is 2. The summed E-state index contributed by atoms with van der Waals surface area (Å²) in [6, 6.07) is 12.2. The van der Waals surface area contributed by atoms with Gasteiger partial charge in [-0.05, 0) is 43.7 Å². The van der Waals surface area contributed by atoms with Gasteiger partial charge >= 0.3 is 0 Å². The quantitative estimate of drug-likeness (QED) is 0.415. The Kier molecular flexibility index (Phi) is 6.24. The van der Waals surface area contributed by atoms with Crippen LogP contribution in [-0.4, -0.2) is 37.6 Å². The number of imidazole rings is 1. The van der Waals surface area contributed by atoms with Gasteiger partial charge in [-0.2, -0.15) is 0 Å². The zero-order valence-corrected chi connectivity index (χ0v) is 19.7. The van der Waals surface area contributed by atoms with Crippen LogP contribution in [0.3, 0.4) is 0 Å². The number of fused-ring (bicyclic) bond motifs is 1. The van der Waals surface area contributed by atoms with Crippen molar-refractivity contribution in [1.82, 2.24) is 15.0 Å². The van der Waals surface area contributed by atoms with Crippen molar-refractivity contribution in [2.24, 2.45) is 0 Å². The summed E-state index contributed by atoms with van der Waals surface area (Å²) in [5.41, 5.74) is 4.45. The number of pyridine rings is 1. The van der Waals surface area contributed by atoms with Gasteiger partial charge in [-0.25, -0.2) is 13.4 Å². The lowest BCUT2D eigenvalue weighted by Gasteiger charge is -2.15. The van der Waals surface area contributed by atoms with Gasteiger partial charge in [-0.3, -0.25) is 4.98 Å². The third-order valence-electron chi connectivity index (χ3n) is 5.36. The van der Waals surface area contributed by atoms with Crippen LogP contribution in [0, 0.1) is 13.8 Å². The highest BCUT2D eigenvalue weighted by Crippen LogP contribution is 2.31.